The smallest absolute Gasteiger partial charge is 0.315 e. The lowest BCUT2D eigenvalue weighted by Gasteiger charge is -2.13. The Balaban J connectivity index is 2.48. The molecule has 0 fully saturated rings. The van der Waals surface area contributed by atoms with Crippen molar-refractivity contribution >= 4 is 6.01 Å². The van der Waals surface area contributed by atoms with Gasteiger partial charge in [-0.2, -0.15) is 0 Å². The summed E-state index contributed by atoms with van der Waals surface area (Å²) in [5.74, 6) is 0.471. The van der Waals surface area contributed by atoms with Crippen molar-refractivity contribution in [1.29, 1.82) is 0 Å². The van der Waals surface area contributed by atoms with Gasteiger partial charge in [-0.15, -0.1) is 5.10 Å². The quantitative estimate of drug-likeness (QED) is 0.724. The third kappa shape index (κ3) is 2.99. The number of anilines is 1. The molecule has 0 aromatic carbocycles. The summed E-state index contributed by atoms with van der Waals surface area (Å²) < 4.78 is 5.25. The molecule has 80 valence electrons. The summed E-state index contributed by atoms with van der Waals surface area (Å²) in [6.07, 6.45) is 3.30. The molecule has 1 aromatic rings. The third-order valence-electron chi connectivity index (χ3n) is 2.10. The molecule has 14 heavy (non-hydrogen) atoms. The van der Waals surface area contributed by atoms with E-state index in [1.807, 2.05) is 0 Å². The normalized spacial score (nSPS) is 12.8. The Labute approximate surface area is 84.1 Å². The molecule has 0 saturated carbocycles. The molecule has 1 rings (SSSR count). The second-order valence-corrected chi connectivity index (χ2v) is 3.24. The first kappa shape index (κ1) is 11.0. The molecule has 1 aromatic heterocycles. The first-order chi connectivity index (χ1) is 6.80. The van der Waals surface area contributed by atoms with Crippen LogP contribution >= 0.6 is 0 Å². The van der Waals surface area contributed by atoms with E-state index in [2.05, 4.69) is 29.4 Å². The highest BCUT2D eigenvalue weighted by Crippen LogP contribution is 2.11. The first-order valence-electron chi connectivity index (χ1n) is 5.09. The van der Waals surface area contributed by atoms with Crippen LogP contribution in [0.2, 0.25) is 0 Å². The molecule has 1 heterocycles. The fourth-order valence-corrected chi connectivity index (χ4v) is 1.30. The van der Waals surface area contributed by atoms with Crippen LogP contribution in [0.4, 0.5) is 6.01 Å². The number of hydrogen-bond acceptors (Lipinski definition) is 5. The van der Waals surface area contributed by atoms with E-state index >= 15 is 0 Å². The molecule has 0 spiro atoms. The highest BCUT2D eigenvalue weighted by molar-refractivity contribution is 5.19. The Hall–Kier alpha value is -1.10. The topological polar surface area (TPSA) is 77.0 Å². The largest absolute Gasteiger partial charge is 0.407 e. The van der Waals surface area contributed by atoms with E-state index in [9.17, 15) is 0 Å². The van der Waals surface area contributed by atoms with Crippen LogP contribution in [0.25, 0.3) is 0 Å². The van der Waals surface area contributed by atoms with Crippen LogP contribution in [0, 0.1) is 0 Å². The molecule has 3 N–H and O–H groups in total. The maximum absolute atomic E-state index is 5.36. The Morgan fingerprint density at radius 1 is 1.43 bits per heavy atom. The molecule has 1 unspecified atom stereocenters. The zero-order valence-electron chi connectivity index (χ0n) is 8.79. The molecule has 0 aliphatic carbocycles. The molecular weight excluding hydrogens is 180 g/mol. The van der Waals surface area contributed by atoms with Gasteiger partial charge in [0, 0.05) is 6.04 Å². The van der Waals surface area contributed by atoms with Crippen molar-refractivity contribution < 1.29 is 4.42 Å². The molecule has 0 amide bonds. The minimum Gasteiger partial charge on any atom is -0.407 e. The molecule has 0 radical (unpaired) electrons. The molecule has 0 saturated heterocycles. The van der Waals surface area contributed by atoms with E-state index in [-0.39, 0.29) is 0 Å². The lowest BCUT2D eigenvalue weighted by atomic mass is 10.1. The molecule has 1 atom stereocenters. The summed E-state index contributed by atoms with van der Waals surface area (Å²) in [5.41, 5.74) is 5.36. The minimum absolute atomic E-state index is 0.291. The van der Waals surface area contributed by atoms with Crippen LogP contribution < -0.4 is 11.1 Å². The van der Waals surface area contributed by atoms with Gasteiger partial charge in [-0.3, -0.25) is 0 Å². The van der Waals surface area contributed by atoms with Gasteiger partial charge in [-0.25, -0.2) is 0 Å². The molecule has 5 nitrogen and oxygen atoms in total. The van der Waals surface area contributed by atoms with E-state index < -0.39 is 0 Å². The van der Waals surface area contributed by atoms with Gasteiger partial charge < -0.3 is 15.5 Å². The Bertz CT molecular complexity index is 261. The van der Waals surface area contributed by atoms with Gasteiger partial charge in [0.15, 0.2) is 0 Å². The van der Waals surface area contributed by atoms with Gasteiger partial charge in [0.1, 0.15) is 0 Å². The van der Waals surface area contributed by atoms with Crippen LogP contribution in [0.1, 0.15) is 39.0 Å². The van der Waals surface area contributed by atoms with Gasteiger partial charge in [-0.1, -0.05) is 25.4 Å². The van der Waals surface area contributed by atoms with E-state index in [0.717, 1.165) is 19.3 Å². The van der Waals surface area contributed by atoms with Gasteiger partial charge in [-0.05, 0) is 12.8 Å². The maximum atomic E-state index is 5.36. The van der Waals surface area contributed by atoms with Gasteiger partial charge in [0.25, 0.3) is 0 Å². The Morgan fingerprint density at radius 2 is 2.21 bits per heavy atom. The minimum atomic E-state index is 0.291. The average Bonchev–Trinajstić information content (AvgIpc) is 2.65. The number of nitrogens with zero attached hydrogens (tertiary/aromatic N) is 2. The van der Waals surface area contributed by atoms with Crippen molar-refractivity contribution in [3.8, 4) is 0 Å². The number of nitrogens with one attached hydrogen (secondary N) is 1. The Kier molecular flexibility index (Phi) is 4.39. The summed E-state index contributed by atoms with van der Waals surface area (Å²) in [5, 5.41) is 10.8. The van der Waals surface area contributed by atoms with Crippen LogP contribution in [-0.2, 0) is 6.54 Å². The zero-order valence-corrected chi connectivity index (χ0v) is 8.79. The van der Waals surface area contributed by atoms with E-state index in [4.69, 9.17) is 10.2 Å². The van der Waals surface area contributed by atoms with Crippen molar-refractivity contribution in [3.05, 3.63) is 5.89 Å². The highest BCUT2D eigenvalue weighted by Gasteiger charge is 2.09. The SMILES string of the molecule is CCCC(CC)Nc1nnc(CN)o1. The molecule has 0 bridgehead atoms. The van der Waals surface area contributed by atoms with E-state index in [0.29, 0.717) is 24.5 Å². The summed E-state index contributed by atoms with van der Waals surface area (Å²) in [6, 6.07) is 0.886. The van der Waals surface area contributed by atoms with Crippen LogP contribution in [0.5, 0.6) is 0 Å². The van der Waals surface area contributed by atoms with Crippen LogP contribution in [0.3, 0.4) is 0 Å². The third-order valence-corrected chi connectivity index (χ3v) is 2.10. The standard InChI is InChI=1S/C9H18N4O/c1-3-5-7(4-2)11-9-13-12-8(6-10)14-9/h7H,3-6,10H2,1-2H3,(H,11,13). The lowest BCUT2D eigenvalue weighted by Crippen LogP contribution is -2.18. The Morgan fingerprint density at radius 3 is 2.71 bits per heavy atom. The second-order valence-electron chi connectivity index (χ2n) is 3.24. The van der Waals surface area contributed by atoms with E-state index in [1.54, 1.807) is 0 Å². The predicted molar refractivity (Wildman–Crippen MR) is 54.8 cm³/mol. The maximum Gasteiger partial charge on any atom is 0.315 e. The van der Waals surface area contributed by atoms with Crippen LogP contribution in [0.15, 0.2) is 4.42 Å². The van der Waals surface area contributed by atoms with E-state index in [1.165, 1.54) is 0 Å². The second kappa shape index (κ2) is 5.59. The molecule has 5 heteroatoms. The summed E-state index contributed by atoms with van der Waals surface area (Å²) in [4.78, 5) is 0. The first-order valence-corrected chi connectivity index (χ1v) is 5.09. The fraction of sp³-hybridized carbons (Fsp3) is 0.778. The summed E-state index contributed by atoms with van der Waals surface area (Å²) in [6.45, 7) is 4.58. The number of rotatable bonds is 6. The van der Waals surface area contributed by atoms with Crippen molar-refractivity contribution in [1.82, 2.24) is 10.2 Å². The predicted octanol–water partition coefficient (Wildman–Crippen LogP) is 1.52. The fourth-order valence-electron chi connectivity index (χ4n) is 1.30. The monoisotopic (exact) mass is 198 g/mol. The lowest BCUT2D eigenvalue weighted by molar-refractivity contribution is 0.493. The van der Waals surface area contributed by atoms with Gasteiger partial charge in [0.05, 0.1) is 6.54 Å². The van der Waals surface area contributed by atoms with Gasteiger partial charge >= 0.3 is 6.01 Å². The van der Waals surface area contributed by atoms with Crippen LogP contribution in [-0.4, -0.2) is 16.2 Å². The highest BCUT2D eigenvalue weighted by atomic mass is 16.4. The van der Waals surface area contributed by atoms with Crippen molar-refractivity contribution in [2.24, 2.45) is 5.73 Å². The molecule has 0 aliphatic heterocycles. The summed E-state index contributed by atoms with van der Waals surface area (Å²) >= 11 is 0. The van der Waals surface area contributed by atoms with Crippen molar-refractivity contribution in [2.45, 2.75) is 45.7 Å². The average molecular weight is 198 g/mol. The zero-order chi connectivity index (χ0) is 10.4. The van der Waals surface area contributed by atoms with Crippen molar-refractivity contribution in [2.75, 3.05) is 5.32 Å². The number of nitrogens with two attached hydrogens (primary N) is 1. The van der Waals surface area contributed by atoms with Gasteiger partial charge in [0.2, 0.25) is 5.89 Å². The molecular formula is C9H18N4O. The number of aromatic nitrogens is 2. The number of hydrogen-bond donors (Lipinski definition) is 2. The molecule has 0 aliphatic rings. The van der Waals surface area contributed by atoms with Crippen molar-refractivity contribution in [3.63, 3.8) is 0 Å². The summed E-state index contributed by atoms with van der Waals surface area (Å²) in [7, 11) is 0.